The van der Waals surface area contributed by atoms with E-state index in [9.17, 15) is 19.7 Å². The topological polar surface area (TPSA) is 295 Å². The van der Waals surface area contributed by atoms with E-state index in [-0.39, 0.29) is 18.5 Å². The molecule has 0 bridgehead atoms. The molecule has 0 aliphatic heterocycles. The number of nitrogens with two attached hydrogens (primary N) is 5. The quantitative estimate of drug-likeness (QED) is 0.0664. The number of aromatic nitrogens is 3. The number of hydrogen-bond donors (Lipinski definition) is 10. The number of anilines is 3. The third-order valence-electron chi connectivity index (χ3n) is 7.97. The summed E-state index contributed by atoms with van der Waals surface area (Å²) in [6.45, 7) is 5.62. The fraction of sp³-hybridized carbons (Fsp3) is 0.212. The summed E-state index contributed by atoms with van der Waals surface area (Å²) in [7, 11) is 0. The van der Waals surface area contributed by atoms with Crippen molar-refractivity contribution in [3.05, 3.63) is 92.9 Å². The van der Waals surface area contributed by atoms with E-state index in [1.807, 2.05) is 44.2 Å². The molecule has 0 fully saturated rings. The van der Waals surface area contributed by atoms with Crippen molar-refractivity contribution in [2.45, 2.75) is 45.7 Å². The monoisotopic (exact) mass is 657 g/mol. The number of fused-ring (bicyclic) bond motifs is 3. The molecule has 48 heavy (non-hydrogen) atoms. The first-order valence-electron chi connectivity index (χ1n) is 14.8. The molecule has 252 valence electrons. The largest absolute Gasteiger partial charge is 0.480 e. The number of nitrogen functional groups attached to an aromatic ring is 3. The van der Waals surface area contributed by atoms with Gasteiger partial charge in [-0.15, -0.1) is 0 Å². The highest BCUT2D eigenvalue weighted by Gasteiger charge is 2.23. The molecule has 0 saturated heterocycles. The van der Waals surface area contributed by atoms with Crippen molar-refractivity contribution in [3.8, 4) is 0 Å². The van der Waals surface area contributed by atoms with Crippen LogP contribution in [0, 0.1) is 30.9 Å². The average Bonchev–Trinajstić information content (AvgIpc) is 3.67. The fourth-order valence-corrected chi connectivity index (χ4v) is 5.58. The van der Waals surface area contributed by atoms with Crippen LogP contribution in [-0.4, -0.2) is 54.1 Å². The van der Waals surface area contributed by atoms with Crippen LogP contribution in [0.4, 0.5) is 22.7 Å². The molecule has 15 N–H and O–H groups in total. The fourth-order valence-electron chi connectivity index (χ4n) is 5.58. The average molecular weight is 658 g/mol. The van der Waals surface area contributed by atoms with Gasteiger partial charge in [-0.05, 0) is 68.3 Å². The highest BCUT2D eigenvalue weighted by Crippen LogP contribution is 2.34. The highest BCUT2D eigenvalue weighted by atomic mass is 16.6. The van der Waals surface area contributed by atoms with E-state index in [0.717, 1.165) is 44.4 Å². The van der Waals surface area contributed by atoms with Crippen LogP contribution in [0.2, 0.25) is 0 Å². The van der Waals surface area contributed by atoms with Crippen LogP contribution in [0.25, 0.3) is 32.7 Å². The number of H-pyrrole nitrogens is 3. The third-order valence-corrected chi connectivity index (χ3v) is 7.97. The minimum Gasteiger partial charge on any atom is -0.480 e. The molecule has 0 saturated carbocycles. The molecule has 3 heterocycles. The number of non-ortho nitro benzene ring substituents is 1. The first-order chi connectivity index (χ1) is 22.6. The Balaban J connectivity index is 0.000000169. The van der Waals surface area contributed by atoms with Crippen LogP contribution < -0.4 is 28.7 Å². The van der Waals surface area contributed by atoms with Gasteiger partial charge < -0.3 is 53.8 Å². The third kappa shape index (κ3) is 7.32. The Labute approximate surface area is 274 Å². The number of nitro groups is 1. The Morgan fingerprint density at radius 3 is 1.83 bits per heavy atom. The van der Waals surface area contributed by atoms with Gasteiger partial charge >= 0.3 is 11.9 Å². The smallest absolute Gasteiger partial charge is 0.320 e. The van der Waals surface area contributed by atoms with E-state index in [1.54, 1.807) is 13.0 Å². The molecule has 15 heteroatoms. The van der Waals surface area contributed by atoms with Gasteiger partial charge in [0.15, 0.2) is 0 Å². The summed E-state index contributed by atoms with van der Waals surface area (Å²) in [5.74, 6) is -2.14. The zero-order valence-corrected chi connectivity index (χ0v) is 26.6. The Hall–Kier alpha value is -6.06. The van der Waals surface area contributed by atoms with Crippen molar-refractivity contribution in [2.24, 2.45) is 11.5 Å². The number of hydrogen-bond acceptors (Lipinski definition) is 9. The van der Waals surface area contributed by atoms with Gasteiger partial charge in [-0.1, -0.05) is 12.1 Å². The summed E-state index contributed by atoms with van der Waals surface area (Å²) in [5, 5.41) is 31.2. The second kappa shape index (κ2) is 14.1. The molecule has 0 radical (unpaired) electrons. The number of carboxylic acid groups (broad SMARTS) is 2. The predicted octanol–water partition coefficient (Wildman–Crippen LogP) is 3.99. The van der Waals surface area contributed by atoms with E-state index in [4.69, 9.17) is 38.9 Å². The van der Waals surface area contributed by atoms with Crippen molar-refractivity contribution in [1.82, 2.24) is 15.0 Å². The Bertz CT molecular complexity index is 2150. The molecule has 6 rings (SSSR count). The van der Waals surface area contributed by atoms with E-state index in [2.05, 4.69) is 21.0 Å². The Morgan fingerprint density at radius 1 is 0.750 bits per heavy atom. The lowest BCUT2D eigenvalue weighted by Gasteiger charge is -2.07. The number of rotatable bonds is 7. The molecule has 0 spiro atoms. The first-order valence-corrected chi connectivity index (χ1v) is 14.8. The standard InChI is InChI=1S/C12H14N4O4.C12H15N3O2.C9H10N2/c1-5-6(4-8(14)12(17)18)10-7(13)2-3-9(16(19)20)11(10)15-5;1-6-7(5-9(14)12(16)17)11-8(13)3-2-4-10(11)15-6;1-6-5-7-8(10)3-2-4-9(7)11-6/h2-3,8,15H,4,13-14H2,1H3,(H,17,18);2-4,9,15H,5,13-14H2,1H3,(H,16,17);2-5,11H,10H2,1H3. The molecule has 3 aromatic heterocycles. The zero-order chi connectivity index (χ0) is 35.4. The van der Waals surface area contributed by atoms with Crippen molar-refractivity contribution in [2.75, 3.05) is 17.2 Å². The molecule has 3 aromatic carbocycles. The van der Waals surface area contributed by atoms with Crippen molar-refractivity contribution >= 4 is 67.4 Å². The van der Waals surface area contributed by atoms with Crippen LogP contribution in [0.1, 0.15) is 28.2 Å². The number of benzene rings is 3. The van der Waals surface area contributed by atoms with E-state index in [1.165, 1.54) is 12.1 Å². The second-order valence-corrected chi connectivity index (χ2v) is 11.5. The number of aryl methyl sites for hydroxylation is 3. The summed E-state index contributed by atoms with van der Waals surface area (Å²) in [5.41, 5.74) is 36.8. The highest BCUT2D eigenvalue weighted by molar-refractivity contribution is 6.00. The van der Waals surface area contributed by atoms with Crippen LogP contribution in [0.5, 0.6) is 0 Å². The summed E-state index contributed by atoms with van der Waals surface area (Å²) in [4.78, 5) is 41.4. The maximum absolute atomic E-state index is 11.0. The number of nitro benzene ring substituents is 1. The number of carboxylic acids is 2. The SMILES string of the molecule is Cc1[nH]c2c([N+](=O)[O-])ccc(N)c2c1CC(N)C(=O)O.Cc1[nH]c2cccc(N)c2c1CC(N)C(=O)O.Cc1cc2c(N)cccc2[nH]1. The summed E-state index contributed by atoms with van der Waals surface area (Å²) in [6.07, 6.45) is 0.321. The van der Waals surface area contributed by atoms with Gasteiger partial charge in [-0.3, -0.25) is 19.7 Å². The lowest BCUT2D eigenvalue weighted by atomic mass is 10.0. The minimum atomic E-state index is -1.14. The van der Waals surface area contributed by atoms with E-state index in [0.29, 0.717) is 33.5 Å². The molecule has 0 amide bonds. The van der Waals surface area contributed by atoms with Gasteiger partial charge in [-0.2, -0.15) is 0 Å². The van der Waals surface area contributed by atoms with Gasteiger partial charge in [0.1, 0.15) is 17.6 Å². The van der Waals surface area contributed by atoms with Crippen molar-refractivity contribution in [1.29, 1.82) is 0 Å². The Morgan fingerprint density at radius 2 is 1.27 bits per heavy atom. The summed E-state index contributed by atoms with van der Waals surface area (Å²) < 4.78 is 0. The molecule has 2 atom stereocenters. The number of nitrogens with zero attached hydrogens (tertiary/aromatic N) is 1. The van der Waals surface area contributed by atoms with Gasteiger partial charge in [0.2, 0.25) is 0 Å². The summed E-state index contributed by atoms with van der Waals surface area (Å²) >= 11 is 0. The van der Waals surface area contributed by atoms with Crippen molar-refractivity contribution < 1.29 is 24.7 Å². The number of nitrogens with one attached hydrogen (secondary N) is 3. The number of aliphatic carboxylic acids is 2. The van der Waals surface area contributed by atoms with Crippen LogP contribution in [0.3, 0.4) is 0 Å². The molecule has 2 unspecified atom stereocenters. The predicted molar refractivity (Wildman–Crippen MR) is 188 cm³/mol. The molecular weight excluding hydrogens is 618 g/mol. The number of aromatic amines is 3. The van der Waals surface area contributed by atoms with Gasteiger partial charge in [-0.25, -0.2) is 0 Å². The molecular formula is C33H39N9O6. The van der Waals surface area contributed by atoms with Crippen LogP contribution >= 0.6 is 0 Å². The normalized spacial score (nSPS) is 12.2. The van der Waals surface area contributed by atoms with Gasteiger partial charge in [0.25, 0.3) is 5.69 Å². The Kier molecular flexibility index (Phi) is 10.3. The lowest BCUT2D eigenvalue weighted by molar-refractivity contribution is -0.383. The maximum Gasteiger partial charge on any atom is 0.320 e. The molecule has 15 nitrogen and oxygen atoms in total. The second-order valence-electron chi connectivity index (χ2n) is 11.5. The van der Waals surface area contributed by atoms with E-state index >= 15 is 0 Å². The maximum atomic E-state index is 11.0. The minimum absolute atomic E-state index is 0.0481. The molecule has 6 aromatic rings. The van der Waals surface area contributed by atoms with Crippen LogP contribution in [0.15, 0.2) is 54.6 Å². The molecule has 0 aliphatic carbocycles. The van der Waals surface area contributed by atoms with Crippen molar-refractivity contribution in [3.63, 3.8) is 0 Å². The lowest BCUT2D eigenvalue weighted by Crippen LogP contribution is -2.32. The van der Waals surface area contributed by atoms with Gasteiger partial charge in [0.05, 0.1) is 4.92 Å². The first kappa shape index (κ1) is 34.8. The zero-order valence-electron chi connectivity index (χ0n) is 26.6. The molecule has 0 aliphatic rings. The van der Waals surface area contributed by atoms with E-state index < -0.39 is 28.9 Å². The number of carbonyl (C=O) groups is 2. The van der Waals surface area contributed by atoms with Gasteiger partial charge in [0, 0.05) is 80.2 Å². The summed E-state index contributed by atoms with van der Waals surface area (Å²) in [6, 6.07) is 14.3. The van der Waals surface area contributed by atoms with Crippen LogP contribution in [-0.2, 0) is 22.4 Å².